The van der Waals surface area contributed by atoms with Crippen LogP contribution >= 0.6 is 0 Å². The minimum Gasteiger partial charge on any atom is -0.454 e. The highest BCUT2D eigenvalue weighted by molar-refractivity contribution is 7.88. The van der Waals surface area contributed by atoms with Crippen molar-refractivity contribution >= 4 is 27.5 Å². The molecule has 0 saturated carbocycles. The Kier molecular flexibility index (Phi) is 6.55. The summed E-state index contributed by atoms with van der Waals surface area (Å²) >= 11 is 0. The van der Waals surface area contributed by atoms with E-state index in [4.69, 9.17) is 9.15 Å². The summed E-state index contributed by atoms with van der Waals surface area (Å²) in [7, 11) is -1.08. The molecule has 0 saturated heterocycles. The van der Waals surface area contributed by atoms with E-state index in [1.807, 2.05) is 0 Å². The predicted octanol–water partition coefficient (Wildman–Crippen LogP) is 4.04. The molecule has 8 nitrogen and oxygen atoms in total. The molecule has 0 aliphatic rings. The average Bonchev–Trinajstić information content (AvgIpc) is 3.22. The number of pyridine rings is 1. The molecule has 2 aromatic heterocycles. The predicted molar refractivity (Wildman–Crippen MR) is 108 cm³/mol. The van der Waals surface area contributed by atoms with Crippen LogP contribution in [0.3, 0.4) is 0 Å². The van der Waals surface area contributed by atoms with Crippen LogP contribution in [0, 0.1) is 0 Å². The molecule has 0 radical (unpaired) electrons. The molecule has 2 heterocycles. The van der Waals surface area contributed by atoms with Crippen molar-refractivity contribution in [1.29, 1.82) is 0 Å². The lowest BCUT2D eigenvalue weighted by molar-refractivity contribution is -0.137. The van der Waals surface area contributed by atoms with Crippen LogP contribution in [0.4, 0.5) is 24.7 Å². The Balaban J connectivity index is 1.74. The van der Waals surface area contributed by atoms with Crippen LogP contribution in [-0.2, 0) is 27.5 Å². The van der Waals surface area contributed by atoms with Crippen LogP contribution < -0.4 is 5.32 Å². The maximum absolute atomic E-state index is 12.9. The third kappa shape index (κ3) is 5.26. The van der Waals surface area contributed by atoms with Gasteiger partial charge in [-0.05, 0) is 42.5 Å². The Morgan fingerprint density at radius 3 is 2.59 bits per heavy atom. The number of benzene rings is 1. The van der Waals surface area contributed by atoms with Gasteiger partial charge in [-0.3, -0.25) is 0 Å². The molecule has 0 aliphatic heterocycles. The Labute approximate surface area is 181 Å². The SMILES string of the molecule is CN(C)S(=O)(=O)c1ccc(COC(=O)c2cccnc2Nc2cccc(C(F)(F)F)c2)o1. The molecule has 0 bridgehead atoms. The second-order valence-electron chi connectivity index (χ2n) is 6.69. The van der Waals surface area contributed by atoms with E-state index in [0.717, 1.165) is 16.4 Å². The van der Waals surface area contributed by atoms with Crippen LogP contribution in [0.25, 0.3) is 0 Å². The molecule has 12 heteroatoms. The molecule has 0 fully saturated rings. The summed E-state index contributed by atoms with van der Waals surface area (Å²) in [6, 6.07) is 9.87. The molecule has 0 unspecified atom stereocenters. The lowest BCUT2D eigenvalue weighted by Crippen LogP contribution is -2.21. The van der Waals surface area contributed by atoms with Crippen LogP contribution in [0.2, 0.25) is 0 Å². The molecular weight excluding hydrogens is 451 g/mol. The van der Waals surface area contributed by atoms with Crippen LogP contribution in [0.5, 0.6) is 0 Å². The molecule has 32 heavy (non-hydrogen) atoms. The van der Waals surface area contributed by atoms with Gasteiger partial charge in [0, 0.05) is 26.0 Å². The highest BCUT2D eigenvalue weighted by atomic mass is 32.2. The number of nitrogens with zero attached hydrogens (tertiary/aromatic N) is 2. The number of carbonyl (C=O) groups excluding carboxylic acids is 1. The zero-order valence-corrected chi connectivity index (χ0v) is 17.7. The largest absolute Gasteiger partial charge is 0.454 e. The van der Waals surface area contributed by atoms with Gasteiger partial charge in [-0.25, -0.2) is 22.5 Å². The smallest absolute Gasteiger partial charge is 0.416 e. The number of furan rings is 1. The quantitative estimate of drug-likeness (QED) is 0.521. The summed E-state index contributed by atoms with van der Waals surface area (Å²) < 4.78 is 74.2. The number of aromatic nitrogens is 1. The molecule has 1 N–H and O–H groups in total. The Hall–Kier alpha value is -3.38. The second-order valence-corrected chi connectivity index (χ2v) is 8.77. The number of anilines is 2. The van der Waals surface area contributed by atoms with E-state index < -0.39 is 27.7 Å². The number of rotatable bonds is 7. The standard InChI is InChI=1S/C20H18F3N3O5S/c1-26(2)32(28,29)17-9-8-15(31-17)12-30-19(27)16-7-4-10-24-18(16)25-14-6-3-5-13(11-14)20(21,22)23/h3-11H,12H2,1-2H3,(H,24,25). The van der Waals surface area contributed by atoms with E-state index in [-0.39, 0.29) is 34.5 Å². The fraction of sp³-hybridized carbons (Fsp3) is 0.200. The van der Waals surface area contributed by atoms with Crippen molar-refractivity contribution in [2.45, 2.75) is 17.9 Å². The lowest BCUT2D eigenvalue weighted by atomic mass is 10.2. The molecule has 3 aromatic rings. The molecule has 1 aromatic carbocycles. The topological polar surface area (TPSA) is 102 Å². The van der Waals surface area contributed by atoms with Crippen molar-refractivity contribution in [1.82, 2.24) is 9.29 Å². The van der Waals surface area contributed by atoms with Crippen molar-refractivity contribution in [3.63, 3.8) is 0 Å². The fourth-order valence-electron chi connectivity index (χ4n) is 2.55. The normalized spacial score (nSPS) is 12.1. The van der Waals surface area contributed by atoms with E-state index in [0.29, 0.717) is 0 Å². The first-order valence-corrected chi connectivity index (χ1v) is 10.5. The van der Waals surface area contributed by atoms with Crippen LogP contribution in [0.1, 0.15) is 21.7 Å². The van der Waals surface area contributed by atoms with Gasteiger partial charge in [-0.2, -0.15) is 13.2 Å². The zero-order chi connectivity index (χ0) is 23.5. The average molecular weight is 469 g/mol. The summed E-state index contributed by atoms with van der Waals surface area (Å²) in [6.07, 6.45) is -3.16. The number of sulfonamides is 1. The van der Waals surface area contributed by atoms with Gasteiger partial charge in [0.25, 0.3) is 10.0 Å². The van der Waals surface area contributed by atoms with Gasteiger partial charge in [-0.1, -0.05) is 6.07 Å². The maximum Gasteiger partial charge on any atom is 0.416 e. The van der Waals surface area contributed by atoms with E-state index in [2.05, 4.69) is 10.3 Å². The highest BCUT2D eigenvalue weighted by Gasteiger charge is 2.30. The number of halogens is 3. The first-order valence-electron chi connectivity index (χ1n) is 9.06. The van der Waals surface area contributed by atoms with Gasteiger partial charge < -0.3 is 14.5 Å². The zero-order valence-electron chi connectivity index (χ0n) is 16.9. The number of alkyl halides is 3. The Morgan fingerprint density at radius 1 is 1.16 bits per heavy atom. The van der Waals surface area contributed by atoms with E-state index in [1.165, 1.54) is 56.7 Å². The van der Waals surface area contributed by atoms with Gasteiger partial charge in [0.2, 0.25) is 5.09 Å². The highest BCUT2D eigenvalue weighted by Crippen LogP contribution is 2.31. The third-order valence-corrected chi connectivity index (χ3v) is 5.89. The molecule has 0 atom stereocenters. The number of carbonyl (C=O) groups is 1. The first kappa shape index (κ1) is 23.3. The number of hydrogen-bond donors (Lipinski definition) is 1. The second kappa shape index (κ2) is 9.01. The van der Waals surface area contributed by atoms with Crippen molar-refractivity contribution < 1.29 is 35.5 Å². The van der Waals surface area contributed by atoms with Crippen LogP contribution in [0.15, 0.2) is 64.2 Å². The maximum atomic E-state index is 12.9. The fourth-order valence-corrected chi connectivity index (χ4v) is 3.36. The molecule has 3 rings (SSSR count). The van der Waals surface area contributed by atoms with E-state index in [9.17, 15) is 26.4 Å². The van der Waals surface area contributed by atoms with Crippen LogP contribution in [-0.4, -0.2) is 37.8 Å². The summed E-state index contributed by atoms with van der Waals surface area (Å²) in [5.41, 5.74) is -0.807. The Bertz CT molecular complexity index is 1220. The molecular formula is C20H18F3N3O5S. The summed E-state index contributed by atoms with van der Waals surface area (Å²) in [4.78, 5) is 16.5. The number of ether oxygens (including phenoxy) is 1. The first-order chi connectivity index (χ1) is 15.0. The summed E-state index contributed by atoms with van der Waals surface area (Å²) in [6.45, 7) is -0.361. The van der Waals surface area contributed by atoms with Crippen molar-refractivity contribution in [3.8, 4) is 0 Å². The molecule has 0 aliphatic carbocycles. The van der Waals surface area contributed by atoms with Crippen molar-refractivity contribution in [3.05, 3.63) is 71.6 Å². The van der Waals surface area contributed by atoms with Gasteiger partial charge in [0.1, 0.15) is 23.7 Å². The summed E-state index contributed by atoms with van der Waals surface area (Å²) in [5, 5.41) is 2.38. The molecule has 0 spiro atoms. The Morgan fingerprint density at radius 2 is 1.91 bits per heavy atom. The summed E-state index contributed by atoms with van der Waals surface area (Å²) in [5.74, 6) is -0.747. The molecule has 0 amide bonds. The minimum absolute atomic E-state index is 0.00727. The van der Waals surface area contributed by atoms with Gasteiger partial charge in [-0.15, -0.1) is 0 Å². The van der Waals surface area contributed by atoms with Gasteiger partial charge >= 0.3 is 12.1 Å². The monoisotopic (exact) mass is 469 g/mol. The van der Waals surface area contributed by atoms with E-state index in [1.54, 1.807) is 0 Å². The van der Waals surface area contributed by atoms with E-state index >= 15 is 0 Å². The number of hydrogen-bond acceptors (Lipinski definition) is 7. The van der Waals surface area contributed by atoms with Gasteiger partial charge in [0.15, 0.2) is 0 Å². The van der Waals surface area contributed by atoms with Gasteiger partial charge in [0.05, 0.1) is 5.56 Å². The number of esters is 1. The minimum atomic E-state index is -4.52. The lowest BCUT2D eigenvalue weighted by Gasteiger charge is -2.12. The number of nitrogens with one attached hydrogen (secondary N) is 1. The van der Waals surface area contributed by atoms with Crippen molar-refractivity contribution in [2.24, 2.45) is 0 Å². The van der Waals surface area contributed by atoms with Crippen molar-refractivity contribution in [2.75, 3.05) is 19.4 Å². The molecule has 170 valence electrons. The third-order valence-electron chi connectivity index (χ3n) is 4.20.